The molecule has 0 unspecified atom stereocenters. The summed E-state index contributed by atoms with van der Waals surface area (Å²) in [6, 6.07) is 18.3. The van der Waals surface area contributed by atoms with E-state index in [1.54, 1.807) is 12.1 Å². The van der Waals surface area contributed by atoms with Gasteiger partial charge in [0.15, 0.2) is 0 Å². The molecule has 1 atom stereocenters. The number of benzene rings is 4. The molecule has 0 spiro atoms. The van der Waals surface area contributed by atoms with Crippen molar-refractivity contribution in [2.45, 2.75) is 54.4 Å². The van der Waals surface area contributed by atoms with Crippen LogP contribution in [0.25, 0.3) is 10.8 Å². The smallest absolute Gasteiger partial charge is 0.311 e. The van der Waals surface area contributed by atoms with Gasteiger partial charge in [0.1, 0.15) is 24.9 Å². The molecule has 288 valence electrons. The van der Waals surface area contributed by atoms with E-state index in [0.717, 1.165) is 14.7 Å². The van der Waals surface area contributed by atoms with Crippen LogP contribution in [-0.2, 0) is 44.0 Å². The molecule has 7 rings (SSSR count). The molecule has 1 saturated heterocycles. The fourth-order valence-electron chi connectivity index (χ4n) is 6.68. The Labute approximate surface area is 317 Å². The van der Waals surface area contributed by atoms with Crippen LogP contribution < -0.4 is 30.1 Å². The molecule has 0 aromatic heterocycles. The Kier molecular flexibility index (Phi) is 11.1. The number of carbonyl (C=O) groups is 5. The van der Waals surface area contributed by atoms with Crippen LogP contribution in [0.1, 0.15) is 38.5 Å². The number of fused-ring (bicyclic) bond motifs is 12. The number of nitrogens with zero attached hydrogens (tertiary/aromatic N) is 3. The van der Waals surface area contributed by atoms with E-state index in [2.05, 4.69) is 5.32 Å². The summed E-state index contributed by atoms with van der Waals surface area (Å²) in [6.07, 6.45) is 1.65. The van der Waals surface area contributed by atoms with E-state index in [9.17, 15) is 40.8 Å². The summed E-state index contributed by atoms with van der Waals surface area (Å²) in [4.78, 5) is 64.8. The van der Waals surface area contributed by atoms with Crippen LogP contribution in [0.2, 0.25) is 0 Å². The van der Waals surface area contributed by atoms with E-state index >= 15 is 0 Å². The Morgan fingerprint density at radius 1 is 0.709 bits per heavy atom. The first kappa shape index (κ1) is 38.7. The van der Waals surface area contributed by atoms with Crippen LogP contribution in [0.4, 0.5) is 17.1 Å². The summed E-state index contributed by atoms with van der Waals surface area (Å²) in [5, 5.41) is 3.10. The molecule has 0 saturated carbocycles. The van der Waals surface area contributed by atoms with Gasteiger partial charge in [0.25, 0.3) is 20.0 Å². The van der Waals surface area contributed by atoms with Gasteiger partial charge in [-0.3, -0.25) is 32.6 Å². The summed E-state index contributed by atoms with van der Waals surface area (Å²) in [7, 11) is -9.15. The van der Waals surface area contributed by atoms with Gasteiger partial charge in [0.05, 0.1) is 21.2 Å². The maximum absolute atomic E-state index is 14.3. The molecule has 5 N–H and O–H groups in total. The quantitative estimate of drug-likeness (QED) is 0.202. The predicted octanol–water partition coefficient (Wildman–Crippen LogP) is 2.61. The number of hydrogen-bond acceptors (Lipinski definition) is 10. The molecular formula is C37H38N6O10S2. The Morgan fingerprint density at radius 2 is 1.29 bits per heavy atom. The number of carbonyl (C=O) groups excluding carboxylic acids is 5. The van der Waals surface area contributed by atoms with Crippen LogP contribution in [0, 0.1) is 0 Å². The summed E-state index contributed by atoms with van der Waals surface area (Å²) >= 11 is 0. The van der Waals surface area contributed by atoms with E-state index in [4.69, 9.17) is 16.2 Å². The summed E-state index contributed by atoms with van der Waals surface area (Å²) in [5.74, 6) is -3.46. The number of nitrogens with two attached hydrogens (primary N) is 2. The lowest BCUT2D eigenvalue weighted by Gasteiger charge is -2.28. The van der Waals surface area contributed by atoms with Gasteiger partial charge in [0, 0.05) is 41.9 Å². The van der Waals surface area contributed by atoms with E-state index in [0.29, 0.717) is 25.8 Å². The van der Waals surface area contributed by atoms with Gasteiger partial charge >= 0.3 is 5.97 Å². The van der Waals surface area contributed by atoms with Gasteiger partial charge in [-0.05, 0) is 74.2 Å². The second-order valence-electron chi connectivity index (χ2n) is 13.0. The Balaban J connectivity index is 1.48. The van der Waals surface area contributed by atoms with E-state index < -0.39 is 62.9 Å². The predicted molar refractivity (Wildman–Crippen MR) is 202 cm³/mol. The number of ether oxygens (including phenoxy) is 1. The molecule has 55 heavy (non-hydrogen) atoms. The SMILES string of the molecule is NC(=O)CN1c2ccc(c3ccccc23)N(CC(N)=O)S(=O)(=O)c2cccc(c2)OC(=O)CCCCC(=O)N2CCC[C@H]2C(=O)Nc2ccc(cc2)S1(=O)=O. The highest BCUT2D eigenvalue weighted by Crippen LogP contribution is 2.39. The van der Waals surface area contributed by atoms with Crippen molar-refractivity contribution in [3.05, 3.63) is 84.9 Å². The average molecular weight is 791 g/mol. The zero-order valence-electron chi connectivity index (χ0n) is 29.4. The van der Waals surface area contributed by atoms with Crippen molar-refractivity contribution >= 4 is 77.5 Å². The molecule has 4 aromatic rings. The van der Waals surface area contributed by atoms with Crippen LogP contribution in [-0.4, -0.2) is 77.0 Å². The zero-order valence-corrected chi connectivity index (χ0v) is 31.1. The molecule has 4 aromatic carbocycles. The second-order valence-corrected chi connectivity index (χ2v) is 16.7. The molecular weight excluding hydrogens is 753 g/mol. The zero-order chi connectivity index (χ0) is 39.5. The minimum atomic E-state index is -4.60. The average Bonchev–Trinajstić information content (AvgIpc) is 3.65. The van der Waals surface area contributed by atoms with Crippen molar-refractivity contribution in [3.63, 3.8) is 0 Å². The number of amides is 4. The number of anilines is 3. The highest BCUT2D eigenvalue weighted by Gasteiger charge is 2.35. The molecule has 6 bridgehead atoms. The Hall–Kier alpha value is -6.01. The van der Waals surface area contributed by atoms with Gasteiger partial charge in [-0.1, -0.05) is 30.3 Å². The van der Waals surface area contributed by atoms with E-state index in [1.165, 1.54) is 71.6 Å². The molecule has 3 aliphatic rings. The minimum absolute atomic E-state index is 0.0340. The Bertz CT molecular complexity index is 2400. The standard InChI is InChI=1S/C37H38N6O10S2/c38-33(44)22-42-30-18-19-31(29-10-2-1-9-28(29)30)43(23-34(39)45)55(51,52)27-8-5-7-25(21-27)53-36(47)13-4-3-12-35(46)41-20-6-11-32(41)37(48)40-24-14-16-26(17-15-24)54(42,49)50/h1-2,5,7-10,14-19,21,32H,3-4,6,11-13,20,22-23H2,(H2,38,44)(H2,39,45)(H,40,48)/t32-/m0/s1. The summed E-state index contributed by atoms with van der Waals surface area (Å²) in [5.41, 5.74) is 11.3. The first-order valence-corrected chi connectivity index (χ1v) is 20.2. The molecule has 3 heterocycles. The number of primary amides is 2. The molecule has 16 nitrogen and oxygen atoms in total. The summed E-state index contributed by atoms with van der Waals surface area (Å²) in [6.45, 7) is -1.25. The Morgan fingerprint density at radius 3 is 1.89 bits per heavy atom. The van der Waals surface area contributed by atoms with E-state index in [-0.39, 0.29) is 68.5 Å². The minimum Gasteiger partial charge on any atom is -0.426 e. The second kappa shape index (κ2) is 15.8. The third kappa shape index (κ3) is 8.24. The highest BCUT2D eigenvalue weighted by atomic mass is 32.2. The first-order chi connectivity index (χ1) is 26.2. The van der Waals surface area contributed by atoms with Gasteiger partial charge in [-0.15, -0.1) is 0 Å². The van der Waals surface area contributed by atoms with Crippen LogP contribution >= 0.6 is 0 Å². The van der Waals surface area contributed by atoms with Crippen LogP contribution in [0.15, 0.2) is 94.7 Å². The fourth-order valence-corrected chi connectivity index (χ4v) is 9.62. The molecule has 1 fully saturated rings. The number of nitrogens with one attached hydrogen (secondary N) is 1. The van der Waals surface area contributed by atoms with Gasteiger partial charge in [-0.25, -0.2) is 16.8 Å². The van der Waals surface area contributed by atoms with Crippen molar-refractivity contribution < 1.29 is 45.5 Å². The lowest BCUT2D eigenvalue weighted by atomic mass is 10.1. The van der Waals surface area contributed by atoms with E-state index in [1.807, 2.05) is 0 Å². The monoisotopic (exact) mass is 790 g/mol. The number of esters is 1. The van der Waals surface area contributed by atoms with Gasteiger partial charge < -0.3 is 26.4 Å². The lowest BCUT2D eigenvalue weighted by Crippen LogP contribution is -2.43. The summed E-state index contributed by atoms with van der Waals surface area (Å²) < 4.78 is 64.0. The maximum atomic E-state index is 14.3. The topological polar surface area (TPSA) is 237 Å². The molecule has 4 amide bonds. The van der Waals surface area contributed by atoms with Crippen LogP contribution in [0.3, 0.4) is 0 Å². The first-order valence-electron chi connectivity index (χ1n) is 17.3. The van der Waals surface area contributed by atoms with Gasteiger partial charge in [-0.2, -0.15) is 0 Å². The van der Waals surface area contributed by atoms with Crippen molar-refractivity contribution in [1.29, 1.82) is 0 Å². The third-order valence-electron chi connectivity index (χ3n) is 9.25. The van der Waals surface area contributed by atoms with Gasteiger partial charge in [0.2, 0.25) is 23.6 Å². The van der Waals surface area contributed by atoms with Crippen molar-refractivity contribution in [1.82, 2.24) is 4.90 Å². The lowest BCUT2D eigenvalue weighted by molar-refractivity contribution is -0.137. The van der Waals surface area contributed by atoms with Crippen LogP contribution in [0.5, 0.6) is 5.75 Å². The molecule has 0 radical (unpaired) electrons. The van der Waals surface area contributed by atoms with Crippen molar-refractivity contribution in [3.8, 4) is 5.75 Å². The molecule has 0 aliphatic carbocycles. The van der Waals surface area contributed by atoms with Crippen molar-refractivity contribution in [2.75, 3.05) is 33.6 Å². The van der Waals surface area contributed by atoms with Crippen molar-refractivity contribution in [2.24, 2.45) is 11.5 Å². The number of sulfonamides is 2. The third-order valence-corrected chi connectivity index (χ3v) is 12.8. The number of hydrogen-bond donors (Lipinski definition) is 3. The largest absolute Gasteiger partial charge is 0.426 e. The number of rotatable bonds is 4. The maximum Gasteiger partial charge on any atom is 0.311 e. The molecule has 3 aliphatic heterocycles. The highest BCUT2D eigenvalue weighted by molar-refractivity contribution is 7.93. The fraction of sp³-hybridized carbons (Fsp3) is 0.270. The molecule has 18 heteroatoms. The normalized spacial score (nSPS) is 19.2.